The van der Waals surface area contributed by atoms with Crippen LogP contribution in [-0.2, 0) is 10.0 Å². The van der Waals surface area contributed by atoms with Gasteiger partial charge < -0.3 is 15.2 Å². The Labute approximate surface area is 124 Å². The van der Waals surface area contributed by atoms with E-state index in [2.05, 4.69) is 0 Å². The maximum absolute atomic E-state index is 12.9. The number of fused-ring (bicyclic) bond motifs is 1. The average molecular weight is 312 g/mol. The minimum absolute atomic E-state index is 0.0734. The van der Waals surface area contributed by atoms with E-state index in [1.165, 1.54) is 0 Å². The number of sulfonamides is 1. The minimum atomic E-state index is -3.54. The molecule has 116 valence electrons. The maximum Gasteiger partial charge on any atom is 0.243 e. The van der Waals surface area contributed by atoms with Crippen molar-refractivity contribution in [2.24, 2.45) is 5.73 Å². The summed E-state index contributed by atoms with van der Waals surface area (Å²) in [5.41, 5.74) is 6.58. The van der Waals surface area contributed by atoms with Crippen LogP contribution in [0, 0.1) is 6.92 Å². The zero-order chi connectivity index (χ0) is 15.2. The molecule has 0 aliphatic carbocycles. The highest BCUT2D eigenvalue weighted by Gasteiger charge is 2.35. The van der Waals surface area contributed by atoms with Crippen molar-refractivity contribution in [1.82, 2.24) is 4.31 Å². The summed E-state index contributed by atoms with van der Waals surface area (Å²) in [6, 6.07) is 3.26. The molecule has 2 heterocycles. The number of nitrogens with two attached hydrogens (primary N) is 1. The Bertz CT molecular complexity index is 659. The summed E-state index contributed by atoms with van der Waals surface area (Å²) in [6.07, 6.45) is 1.37. The van der Waals surface area contributed by atoms with E-state index in [9.17, 15) is 8.42 Å². The molecule has 0 bridgehead atoms. The molecule has 3 rings (SSSR count). The van der Waals surface area contributed by atoms with Crippen molar-refractivity contribution in [2.75, 3.05) is 13.3 Å². The first kappa shape index (κ1) is 14.6. The van der Waals surface area contributed by atoms with Crippen LogP contribution in [0.2, 0.25) is 0 Å². The zero-order valence-electron chi connectivity index (χ0n) is 12.2. The van der Waals surface area contributed by atoms with Crippen molar-refractivity contribution < 1.29 is 17.9 Å². The van der Waals surface area contributed by atoms with Gasteiger partial charge in [-0.15, -0.1) is 0 Å². The second kappa shape index (κ2) is 5.15. The first-order valence-electron chi connectivity index (χ1n) is 7.07. The molecule has 1 aromatic rings. The predicted molar refractivity (Wildman–Crippen MR) is 77.9 cm³/mol. The van der Waals surface area contributed by atoms with Gasteiger partial charge in [0.25, 0.3) is 0 Å². The maximum atomic E-state index is 12.9. The Morgan fingerprint density at radius 2 is 1.95 bits per heavy atom. The van der Waals surface area contributed by atoms with Gasteiger partial charge in [0, 0.05) is 24.7 Å². The second-order valence-electron chi connectivity index (χ2n) is 5.72. The Morgan fingerprint density at radius 3 is 2.62 bits per heavy atom. The molecule has 0 aromatic heterocycles. The van der Waals surface area contributed by atoms with Crippen molar-refractivity contribution in [2.45, 2.75) is 43.7 Å². The van der Waals surface area contributed by atoms with Gasteiger partial charge in [0.2, 0.25) is 16.8 Å². The quantitative estimate of drug-likeness (QED) is 0.888. The zero-order valence-corrected chi connectivity index (χ0v) is 13.0. The van der Waals surface area contributed by atoms with Crippen molar-refractivity contribution in [3.63, 3.8) is 0 Å². The molecule has 1 fully saturated rings. The van der Waals surface area contributed by atoms with Gasteiger partial charge in [0.1, 0.15) is 0 Å². The summed E-state index contributed by atoms with van der Waals surface area (Å²) >= 11 is 0. The van der Waals surface area contributed by atoms with Crippen molar-refractivity contribution in [3.05, 3.63) is 17.7 Å². The highest BCUT2D eigenvalue weighted by Crippen LogP contribution is 2.37. The SMILES string of the molecule is Cc1cc2c(cc1S(=O)(=O)N1CC[C@@H](N)C[C@H]1C)OCO2. The Balaban J connectivity index is 1.99. The van der Waals surface area contributed by atoms with Gasteiger partial charge >= 0.3 is 0 Å². The van der Waals surface area contributed by atoms with E-state index >= 15 is 0 Å². The largest absolute Gasteiger partial charge is 0.454 e. The van der Waals surface area contributed by atoms with Crippen LogP contribution in [-0.4, -0.2) is 38.1 Å². The number of nitrogens with zero attached hydrogens (tertiary/aromatic N) is 1. The molecule has 1 aromatic carbocycles. The van der Waals surface area contributed by atoms with Crippen molar-refractivity contribution in [3.8, 4) is 11.5 Å². The molecule has 2 atom stereocenters. The molecule has 1 saturated heterocycles. The summed E-state index contributed by atoms with van der Waals surface area (Å²) in [5.74, 6) is 1.08. The molecule has 2 N–H and O–H groups in total. The molecule has 0 amide bonds. The van der Waals surface area contributed by atoms with Gasteiger partial charge in [-0.25, -0.2) is 8.42 Å². The Morgan fingerprint density at radius 1 is 1.29 bits per heavy atom. The molecule has 0 radical (unpaired) electrons. The molecular formula is C14H20N2O4S. The van der Waals surface area contributed by atoms with E-state index in [1.54, 1.807) is 23.4 Å². The van der Waals surface area contributed by atoms with E-state index in [1.807, 2.05) is 6.92 Å². The second-order valence-corrected chi connectivity index (χ2v) is 7.58. The molecule has 0 saturated carbocycles. The number of benzene rings is 1. The number of hydrogen-bond acceptors (Lipinski definition) is 5. The number of ether oxygens (including phenoxy) is 2. The lowest BCUT2D eigenvalue weighted by molar-refractivity contribution is 0.174. The fourth-order valence-electron chi connectivity index (χ4n) is 2.97. The lowest BCUT2D eigenvalue weighted by Crippen LogP contribution is -2.48. The van der Waals surface area contributed by atoms with Crippen molar-refractivity contribution in [1.29, 1.82) is 0 Å². The van der Waals surface area contributed by atoms with Gasteiger partial charge in [-0.1, -0.05) is 0 Å². The topological polar surface area (TPSA) is 81.9 Å². The van der Waals surface area contributed by atoms with Gasteiger partial charge in [-0.2, -0.15) is 4.31 Å². The monoisotopic (exact) mass is 312 g/mol. The molecule has 2 aliphatic rings. The fraction of sp³-hybridized carbons (Fsp3) is 0.571. The molecular weight excluding hydrogens is 292 g/mol. The number of hydrogen-bond donors (Lipinski definition) is 1. The van der Waals surface area contributed by atoms with Crippen LogP contribution in [0.4, 0.5) is 0 Å². The first-order chi connectivity index (χ1) is 9.89. The summed E-state index contributed by atoms with van der Waals surface area (Å²) in [6.45, 7) is 4.26. The third-order valence-corrected chi connectivity index (χ3v) is 6.27. The molecule has 0 unspecified atom stereocenters. The van der Waals surface area contributed by atoms with Crippen LogP contribution in [0.5, 0.6) is 11.5 Å². The first-order valence-corrected chi connectivity index (χ1v) is 8.51. The van der Waals surface area contributed by atoms with Crippen LogP contribution in [0.3, 0.4) is 0 Å². The van der Waals surface area contributed by atoms with Gasteiger partial charge in [0.05, 0.1) is 4.90 Å². The highest BCUT2D eigenvalue weighted by atomic mass is 32.2. The molecule has 6 nitrogen and oxygen atoms in total. The third-order valence-electron chi connectivity index (χ3n) is 4.11. The predicted octanol–water partition coefficient (Wildman–Crippen LogP) is 1.22. The number of rotatable bonds is 2. The Kier molecular flexibility index (Phi) is 3.59. The number of piperidine rings is 1. The smallest absolute Gasteiger partial charge is 0.243 e. The highest BCUT2D eigenvalue weighted by molar-refractivity contribution is 7.89. The molecule has 7 heteroatoms. The van der Waals surface area contributed by atoms with Crippen LogP contribution >= 0.6 is 0 Å². The van der Waals surface area contributed by atoms with Gasteiger partial charge in [-0.05, 0) is 38.3 Å². The minimum Gasteiger partial charge on any atom is -0.454 e. The van der Waals surface area contributed by atoms with E-state index in [-0.39, 0.29) is 23.8 Å². The van der Waals surface area contributed by atoms with E-state index in [0.29, 0.717) is 36.4 Å². The lowest BCUT2D eigenvalue weighted by Gasteiger charge is -2.35. The van der Waals surface area contributed by atoms with E-state index in [0.717, 1.165) is 0 Å². The molecule has 21 heavy (non-hydrogen) atoms. The van der Waals surface area contributed by atoms with E-state index in [4.69, 9.17) is 15.2 Å². The van der Waals surface area contributed by atoms with Gasteiger partial charge in [-0.3, -0.25) is 0 Å². The normalized spacial score (nSPS) is 26.0. The van der Waals surface area contributed by atoms with E-state index < -0.39 is 10.0 Å². The standard InChI is InChI=1S/C14H20N2O4S/c1-9-5-12-13(20-8-19-12)7-14(9)21(17,18)16-4-3-11(15)6-10(16)2/h5,7,10-11H,3-4,6,8,15H2,1-2H3/t10-,11-/m1/s1. The molecule has 0 spiro atoms. The van der Waals surface area contributed by atoms with Crippen LogP contribution in [0.1, 0.15) is 25.3 Å². The van der Waals surface area contributed by atoms with Gasteiger partial charge in [0.15, 0.2) is 11.5 Å². The third kappa shape index (κ3) is 2.49. The fourth-order valence-corrected chi connectivity index (χ4v) is 4.85. The summed E-state index contributed by atoms with van der Waals surface area (Å²) in [5, 5.41) is 0. The summed E-state index contributed by atoms with van der Waals surface area (Å²) in [4.78, 5) is 0.286. The lowest BCUT2D eigenvalue weighted by atomic mass is 10.0. The van der Waals surface area contributed by atoms with Crippen LogP contribution in [0.25, 0.3) is 0 Å². The van der Waals surface area contributed by atoms with Crippen LogP contribution in [0.15, 0.2) is 17.0 Å². The number of aryl methyl sites for hydroxylation is 1. The summed E-state index contributed by atoms with van der Waals surface area (Å²) < 4.78 is 37.9. The summed E-state index contributed by atoms with van der Waals surface area (Å²) in [7, 11) is -3.54. The van der Waals surface area contributed by atoms with Crippen LogP contribution < -0.4 is 15.2 Å². The van der Waals surface area contributed by atoms with Crippen molar-refractivity contribution >= 4 is 10.0 Å². The average Bonchev–Trinajstić information content (AvgIpc) is 2.84. The Hall–Kier alpha value is -1.31. The molecule has 2 aliphatic heterocycles.